The summed E-state index contributed by atoms with van der Waals surface area (Å²) in [5, 5.41) is 21.4. The SMILES string of the molecule is NC(=O)C[C@@H](N)C(=O)OCc1cc([N+](=O)[O-])cc([N+](=O)[O-])c1. The van der Waals surface area contributed by atoms with Gasteiger partial charge in [-0.15, -0.1) is 0 Å². The first-order valence-corrected chi connectivity index (χ1v) is 5.84. The van der Waals surface area contributed by atoms with E-state index in [-0.39, 0.29) is 5.56 Å². The third kappa shape index (κ3) is 4.79. The maximum Gasteiger partial charge on any atom is 0.323 e. The summed E-state index contributed by atoms with van der Waals surface area (Å²) in [6.45, 7) is -0.464. The third-order valence-corrected chi connectivity index (χ3v) is 2.49. The molecule has 0 aliphatic rings. The molecule has 118 valence electrons. The molecular formula is C11H12N4O7. The first-order valence-electron chi connectivity index (χ1n) is 5.84. The number of hydrogen-bond donors (Lipinski definition) is 2. The van der Waals surface area contributed by atoms with E-state index in [1.54, 1.807) is 0 Å². The molecule has 1 rings (SSSR count). The summed E-state index contributed by atoms with van der Waals surface area (Å²) in [5.74, 6) is -1.75. The molecule has 0 heterocycles. The lowest BCUT2D eigenvalue weighted by atomic mass is 10.2. The number of rotatable bonds is 7. The Labute approximate surface area is 123 Å². The van der Waals surface area contributed by atoms with Crippen molar-refractivity contribution < 1.29 is 24.2 Å². The van der Waals surface area contributed by atoms with Crippen LogP contribution in [-0.4, -0.2) is 27.8 Å². The van der Waals surface area contributed by atoms with Gasteiger partial charge in [0.05, 0.1) is 22.3 Å². The number of nitrogens with zero attached hydrogens (tertiary/aromatic N) is 2. The Bertz CT molecular complexity index is 599. The van der Waals surface area contributed by atoms with E-state index in [0.29, 0.717) is 0 Å². The molecular weight excluding hydrogens is 300 g/mol. The molecule has 22 heavy (non-hydrogen) atoms. The van der Waals surface area contributed by atoms with Crippen LogP contribution in [0.4, 0.5) is 11.4 Å². The van der Waals surface area contributed by atoms with Gasteiger partial charge in [-0.2, -0.15) is 0 Å². The number of esters is 1. The van der Waals surface area contributed by atoms with Gasteiger partial charge in [0, 0.05) is 17.7 Å². The maximum atomic E-state index is 11.5. The van der Waals surface area contributed by atoms with Gasteiger partial charge in [0.15, 0.2) is 0 Å². The molecule has 1 atom stereocenters. The van der Waals surface area contributed by atoms with Crippen LogP contribution in [0.5, 0.6) is 0 Å². The van der Waals surface area contributed by atoms with E-state index < -0.39 is 52.2 Å². The zero-order valence-electron chi connectivity index (χ0n) is 11.1. The Morgan fingerprint density at radius 2 is 1.64 bits per heavy atom. The highest BCUT2D eigenvalue weighted by Gasteiger charge is 2.20. The van der Waals surface area contributed by atoms with Gasteiger partial charge in [-0.25, -0.2) is 0 Å². The van der Waals surface area contributed by atoms with Crippen LogP contribution < -0.4 is 11.5 Å². The van der Waals surface area contributed by atoms with Crippen LogP contribution in [0.1, 0.15) is 12.0 Å². The van der Waals surface area contributed by atoms with E-state index >= 15 is 0 Å². The number of carbonyl (C=O) groups excluding carboxylic acids is 2. The largest absolute Gasteiger partial charge is 0.460 e. The van der Waals surface area contributed by atoms with Crippen molar-refractivity contribution >= 4 is 23.3 Å². The average molecular weight is 312 g/mol. The number of amides is 1. The highest BCUT2D eigenvalue weighted by atomic mass is 16.6. The van der Waals surface area contributed by atoms with Crippen molar-refractivity contribution in [3.05, 3.63) is 44.0 Å². The minimum atomic E-state index is -1.27. The zero-order valence-corrected chi connectivity index (χ0v) is 11.1. The van der Waals surface area contributed by atoms with E-state index in [0.717, 1.165) is 18.2 Å². The Kier molecular flexibility index (Phi) is 5.46. The third-order valence-electron chi connectivity index (χ3n) is 2.49. The number of carbonyl (C=O) groups is 2. The number of ether oxygens (including phenoxy) is 1. The molecule has 0 spiro atoms. The van der Waals surface area contributed by atoms with E-state index in [1.165, 1.54) is 0 Å². The van der Waals surface area contributed by atoms with Crippen molar-refractivity contribution in [3.63, 3.8) is 0 Å². The van der Waals surface area contributed by atoms with Gasteiger partial charge in [0.25, 0.3) is 11.4 Å². The normalized spacial score (nSPS) is 11.5. The summed E-state index contributed by atoms with van der Waals surface area (Å²) in [6, 6.07) is 1.57. The first-order chi connectivity index (χ1) is 10.2. The number of nitrogens with two attached hydrogens (primary N) is 2. The van der Waals surface area contributed by atoms with Crippen molar-refractivity contribution in [2.75, 3.05) is 0 Å². The van der Waals surface area contributed by atoms with E-state index in [2.05, 4.69) is 0 Å². The summed E-state index contributed by atoms with van der Waals surface area (Å²) in [7, 11) is 0. The zero-order chi connectivity index (χ0) is 16.9. The summed E-state index contributed by atoms with van der Waals surface area (Å²) in [6.07, 6.45) is -0.423. The second-order valence-electron chi connectivity index (χ2n) is 4.26. The number of primary amides is 1. The quantitative estimate of drug-likeness (QED) is 0.392. The second kappa shape index (κ2) is 7.08. The van der Waals surface area contributed by atoms with Crippen LogP contribution in [0.25, 0.3) is 0 Å². The number of benzene rings is 1. The highest BCUT2D eigenvalue weighted by Crippen LogP contribution is 2.23. The topological polar surface area (TPSA) is 182 Å². The smallest absolute Gasteiger partial charge is 0.323 e. The predicted octanol–water partition coefficient (Wildman–Crippen LogP) is -0.251. The number of hydrogen-bond acceptors (Lipinski definition) is 8. The molecule has 4 N–H and O–H groups in total. The standard InChI is InChI=1S/C11H12N4O7/c12-9(4-10(13)16)11(17)22-5-6-1-7(14(18)19)3-8(2-6)15(20)21/h1-3,9H,4-5,12H2,(H2,13,16)/t9-/m1/s1. The van der Waals surface area contributed by atoms with Crippen molar-refractivity contribution in [2.24, 2.45) is 11.5 Å². The Balaban J connectivity index is 2.85. The van der Waals surface area contributed by atoms with Crippen LogP contribution in [-0.2, 0) is 20.9 Å². The molecule has 0 aliphatic carbocycles. The molecule has 0 saturated heterocycles. The molecule has 11 nitrogen and oxygen atoms in total. The molecule has 1 amide bonds. The monoisotopic (exact) mass is 312 g/mol. The van der Waals surface area contributed by atoms with Crippen molar-refractivity contribution in [1.82, 2.24) is 0 Å². The average Bonchev–Trinajstić information content (AvgIpc) is 2.43. The Morgan fingerprint density at radius 3 is 2.05 bits per heavy atom. The van der Waals surface area contributed by atoms with Crippen LogP contribution in [0, 0.1) is 20.2 Å². The molecule has 0 radical (unpaired) electrons. The van der Waals surface area contributed by atoms with E-state index in [4.69, 9.17) is 16.2 Å². The van der Waals surface area contributed by atoms with Gasteiger partial charge < -0.3 is 16.2 Å². The Morgan fingerprint density at radius 1 is 1.14 bits per heavy atom. The van der Waals surface area contributed by atoms with E-state index in [1.807, 2.05) is 0 Å². The van der Waals surface area contributed by atoms with Crippen molar-refractivity contribution in [3.8, 4) is 0 Å². The predicted molar refractivity (Wildman–Crippen MR) is 71.3 cm³/mol. The maximum absolute atomic E-state index is 11.5. The molecule has 11 heteroatoms. The molecule has 0 aliphatic heterocycles. The van der Waals surface area contributed by atoms with Crippen LogP contribution in [0.15, 0.2) is 18.2 Å². The summed E-state index contributed by atoms with van der Waals surface area (Å²) >= 11 is 0. The molecule has 1 aromatic carbocycles. The van der Waals surface area contributed by atoms with Crippen LogP contribution in [0.2, 0.25) is 0 Å². The van der Waals surface area contributed by atoms with Crippen molar-refractivity contribution in [1.29, 1.82) is 0 Å². The fourth-order valence-electron chi connectivity index (χ4n) is 1.51. The van der Waals surface area contributed by atoms with Gasteiger partial charge in [0.1, 0.15) is 12.6 Å². The lowest BCUT2D eigenvalue weighted by molar-refractivity contribution is -0.394. The second-order valence-corrected chi connectivity index (χ2v) is 4.26. The van der Waals surface area contributed by atoms with Crippen molar-refractivity contribution in [2.45, 2.75) is 19.1 Å². The van der Waals surface area contributed by atoms with Gasteiger partial charge >= 0.3 is 5.97 Å². The minimum absolute atomic E-state index is 0.0422. The molecule has 0 aromatic heterocycles. The first kappa shape index (κ1) is 17.0. The van der Waals surface area contributed by atoms with E-state index in [9.17, 15) is 29.8 Å². The minimum Gasteiger partial charge on any atom is -0.460 e. The number of nitro benzene ring substituents is 2. The summed E-state index contributed by atoms with van der Waals surface area (Å²) in [5.41, 5.74) is 9.23. The van der Waals surface area contributed by atoms with Gasteiger partial charge in [-0.3, -0.25) is 29.8 Å². The number of non-ortho nitro benzene ring substituents is 2. The highest BCUT2D eigenvalue weighted by molar-refractivity contribution is 5.84. The van der Waals surface area contributed by atoms with Gasteiger partial charge in [-0.1, -0.05) is 0 Å². The van der Waals surface area contributed by atoms with Gasteiger partial charge in [-0.05, 0) is 0 Å². The summed E-state index contributed by atoms with van der Waals surface area (Å²) < 4.78 is 4.74. The molecule has 0 unspecified atom stereocenters. The molecule has 0 saturated carbocycles. The Hall–Kier alpha value is -3.08. The molecule has 0 bridgehead atoms. The van der Waals surface area contributed by atoms with Crippen LogP contribution >= 0.6 is 0 Å². The molecule has 1 aromatic rings. The number of nitro groups is 2. The fourth-order valence-corrected chi connectivity index (χ4v) is 1.51. The van der Waals surface area contributed by atoms with Crippen LogP contribution in [0.3, 0.4) is 0 Å². The van der Waals surface area contributed by atoms with Gasteiger partial charge in [0.2, 0.25) is 5.91 Å². The molecule has 0 fully saturated rings. The lowest BCUT2D eigenvalue weighted by Crippen LogP contribution is -2.36. The lowest BCUT2D eigenvalue weighted by Gasteiger charge is -2.09. The fraction of sp³-hybridized carbons (Fsp3) is 0.273. The summed E-state index contributed by atoms with van der Waals surface area (Å²) in [4.78, 5) is 41.9.